The fraction of sp³-hybridized carbons (Fsp3) is 0.381. The molecule has 3 heterocycles. The number of ether oxygens (including phenoxy) is 1. The van der Waals surface area contributed by atoms with Crippen LogP contribution >= 0.6 is 11.3 Å². The maximum absolute atomic E-state index is 13.0. The third-order valence-electron chi connectivity index (χ3n) is 5.89. The van der Waals surface area contributed by atoms with Crippen LogP contribution in [-0.2, 0) is 16.0 Å². The zero-order chi connectivity index (χ0) is 20.1. The molecular weight excluding hydrogens is 390 g/mol. The number of nitrogens with zero attached hydrogens (tertiary/aromatic N) is 3. The van der Waals surface area contributed by atoms with Crippen LogP contribution in [-0.4, -0.2) is 48.0 Å². The third-order valence-corrected chi connectivity index (χ3v) is 6.89. The molecule has 8 heteroatoms. The Labute approximate surface area is 172 Å². The molecule has 1 saturated heterocycles. The second-order valence-electron chi connectivity index (χ2n) is 7.64. The van der Waals surface area contributed by atoms with Crippen molar-refractivity contribution in [1.29, 1.82) is 0 Å². The summed E-state index contributed by atoms with van der Waals surface area (Å²) < 4.78 is 5.12. The highest BCUT2D eigenvalue weighted by atomic mass is 32.1. The van der Waals surface area contributed by atoms with E-state index in [-0.39, 0.29) is 12.7 Å². The molecule has 4 amide bonds. The largest absolute Gasteiger partial charge is 0.497 e. The molecule has 2 aliphatic heterocycles. The fourth-order valence-electron chi connectivity index (χ4n) is 4.29. The summed E-state index contributed by atoms with van der Waals surface area (Å²) in [4.78, 5) is 43.8. The summed E-state index contributed by atoms with van der Waals surface area (Å²) in [5.74, 6) is -0.402. The van der Waals surface area contributed by atoms with E-state index < -0.39 is 17.8 Å². The molecule has 7 nitrogen and oxygen atoms in total. The highest BCUT2D eigenvalue weighted by molar-refractivity contribution is 7.10. The van der Waals surface area contributed by atoms with E-state index in [0.29, 0.717) is 17.4 Å². The minimum absolute atomic E-state index is 0.145. The van der Waals surface area contributed by atoms with E-state index in [1.807, 2.05) is 0 Å². The summed E-state index contributed by atoms with van der Waals surface area (Å²) in [7, 11) is 1.54. The molecule has 1 aromatic carbocycles. The van der Waals surface area contributed by atoms with Crippen molar-refractivity contribution in [1.82, 2.24) is 9.80 Å². The number of imide groups is 2. The van der Waals surface area contributed by atoms with Gasteiger partial charge < -0.3 is 4.74 Å². The Hall–Kier alpha value is -2.71. The van der Waals surface area contributed by atoms with Crippen molar-refractivity contribution in [3.63, 3.8) is 0 Å². The summed E-state index contributed by atoms with van der Waals surface area (Å²) >= 11 is 1.77. The number of methoxy groups -OCH3 is 1. The van der Waals surface area contributed by atoms with E-state index in [4.69, 9.17) is 4.74 Å². The van der Waals surface area contributed by atoms with Gasteiger partial charge in [0.15, 0.2) is 0 Å². The second kappa shape index (κ2) is 6.96. The molecule has 29 heavy (non-hydrogen) atoms. The summed E-state index contributed by atoms with van der Waals surface area (Å²) in [6.07, 6.45) is 3.23. The monoisotopic (exact) mass is 411 g/mol. The summed E-state index contributed by atoms with van der Waals surface area (Å²) in [6.45, 7) is 0.926. The maximum atomic E-state index is 13.0. The lowest BCUT2D eigenvalue weighted by Gasteiger charge is -2.37. The number of thiophene rings is 1. The lowest BCUT2D eigenvalue weighted by Crippen LogP contribution is -2.46. The van der Waals surface area contributed by atoms with Gasteiger partial charge in [0.05, 0.1) is 19.5 Å². The number of carbonyl (C=O) groups is 3. The predicted molar refractivity (Wildman–Crippen MR) is 108 cm³/mol. The topological polar surface area (TPSA) is 70.2 Å². The average molecular weight is 411 g/mol. The van der Waals surface area contributed by atoms with Crippen LogP contribution in [0, 0.1) is 5.92 Å². The predicted octanol–water partition coefficient (Wildman–Crippen LogP) is 3.02. The molecule has 0 spiro atoms. The van der Waals surface area contributed by atoms with E-state index >= 15 is 0 Å². The van der Waals surface area contributed by atoms with Crippen molar-refractivity contribution < 1.29 is 19.1 Å². The Morgan fingerprint density at radius 3 is 2.52 bits per heavy atom. The molecule has 0 unspecified atom stereocenters. The normalized spacial score (nSPS) is 22.4. The SMILES string of the molecule is COc1ccc(N2C(=O)C(=O)N(CN3CCc4sccc4[C@H]3C3CC3)C2=O)cc1. The number of hydrogen-bond acceptors (Lipinski definition) is 6. The van der Waals surface area contributed by atoms with Crippen molar-refractivity contribution in [2.24, 2.45) is 5.92 Å². The average Bonchev–Trinajstić information content (AvgIpc) is 3.42. The molecule has 1 aliphatic carbocycles. The number of hydrogen-bond donors (Lipinski definition) is 0. The van der Waals surface area contributed by atoms with Crippen LogP contribution in [0.25, 0.3) is 0 Å². The molecule has 5 rings (SSSR count). The number of anilines is 1. The number of carbonyl (C=O) groups excluding carboxylic acids is 3. The number of urea groups is 1. The molecule has 0 N–H and O–H groups in total. The summed E-state index contributed by atoms with van der Waals surface area (Å²) in [5.41, 5.74) is 1.69. The van der Waals surface area contributed by atoms with E-state index in [0.717, 1.165) is 35.6 Å². The Kier molecular flexibility index (Phi) is 4.40. The van der Waals surface area contributed by atoms with Crippen LogP contribution in [0.4, 0.5) is 10.5 Å². The third kappa shape index (κ3) is 3.03. The van der Waals surface area contributed by atoms with Crippen molar-refractivity contribution in [2.45, 2.75) is 25.3 Å². The molecule has 150 valence electrons. The Bertz CT molecular complexity index is 982. The Balaban J connectivity index is 1.39. The zero-order valence-corrected chi connectivity index (χ0v) is 16.9. The quantitative estimate of drug-likeness (QED) is 0.559. The first-order chi connectivity index (χ1) is 14.1. The van der Waals surface area contributed by atoms with E-state index in [9.17, 15) is 14.4 Å². The second-order valence-corrected chi connectivity index (χ2v) is 8.64. The van der Waals surface area contributed by atoms with Crippen LogP contribution in [0.15, 0.2) is 35.7 Å². The van der Waals surface area contributed by atoms with Gasteiger partial charge in [-0.05, 0) is 66.5 Å². The first-order valence-corrected chi connectivity index (χ1v) is 10.6. The molecule has 1 atom stereocenters. The summed E-state index contributed by atoms with van der Waals surface area (Å²) in [5, 5.41) is 2.12. The molecule has 0 bridgehead atoms. The molecular formula is C21H21N3O4S. The van der Waals surface area contributed by atoms with Gasteiger partial charge in [0.2, 0.25) is 0 Å². The minimum Gasteiger partial charge on any atom is -0.497 e. The van der Waals surface area contributed by atoms with Crippen LogP contribution in [0.1, 0.15) is 29.3 Å². The fourth-order valence-corrected chi connectivity index (χ4v) is 5.20. The van der Waals surface area contributed by atoms with Gasteiger partial charge in [0.1, 0.15) is 5.75 Å². The first-order valence-electron chi connectivity index (χ1n) is 9.72. The van der Waals surface area contributed by atoms with E-state index in [2.05, 4.69) is 16.3 Å². The van der Waals surface area contributed by atoms with E-state index in [1.54, 1.807) is 42.7 Å². The molecule has 2 aromatic rings. The number of rotatable bonds is 5. The van der Waals surface area contributed by atoms with Gasteiger partial charge in [-0.3, -0.25) is 14.5 Å². The number of benzene rings is 1. The maximum Gasteiger partial charge on any atom is 0.340 e. The van der Waals surface area contributed by atoms with Crippen LogP contribution in [0.2, 0.25) is 0 Å². The van der Waals surface area contributed by atoms with Gasteiger partial charge in [0.25, 0.3) is 0 Å². The van der Waals surface area contributed by atoms with Crippen molar-refractivity contribution >= 4 is 34.9 Å². The minimum atomic E-state index is -0.809. The lowest BCUT2D eigenvalue weighted by molar-refractivity contribution is -0.140. The van der Waals surface area contributed by atoms with E-state index in [1.165, 1.54) is 10.4 Å². The van der Waals surface area contributed by atoms with Crippen molar-refractivity contribution in [3.8, 4) is 5.75 Å². The van der Waals surface area contributed by atoms with Crippen LogP contribution in [0.3, 0.4) is 0 Å². The molecule has 3 aliphatic rings. The smallest absolute Gasteiger partial charge is 0.340 e. The molecule has 1 aromatic heterocycles. The Morgan fingerprint density at radius 1 is 1.07 bits per heavy atom. The highest BCUT2D eigenvalue weighted by Crippen LogP contribution is 2.48. The molecule has 0 radical (unpaired) electrons. The standard InChI is InChI=1S/C21H21N3O4S/c1-28-15-6-4-14(5-7-15)24-20(26)19(25)23(21(24)27)12-22-10-8-17-16(9-11-29-17)18(22)13-2-3-13/h4-7,9,11,13,18H,2-3,8,10,12H2,1H3/t18-/m1/s1. The van der Waals surface area contributed by atoms with Gasteiger partial charge in [-0.2, -0.15) is 0 Å². The zero-order valence-electron chi connectivity index (χ0n) is 16.0. The number of amides is 4. The van der Waals surface area contributed by atoms with Gasteiger partial charge in [-0.1, -0.05) is 0 Å². The molecule has 1 saturated carbocycles. The van der Waals surface area contributed by atoms with Crippen molar-refractivity contribution in [2.75, 3.05) is 25.2 Å². The Morgan fingerprint density at radius 2 is 1.83 bits per heavy atom. The van der Waals surface area contributed by atoms with Gasteiger partial charge in [-0.25, -0.2) is 14.6 Å². The van der Waals surface area contributed by atoms with Gasteiger partial charge in [0, 0.05) is 17.5 Å². The van der Waals surface area contributed by atoms with Crippen LogP contribution in [0.5, 0.6) is 5.75 Å². The molecule has 2 fully saturated rings. The lowest BCUT2D eigenvalue weighted by atomic mass is 9.96. The van der Waals surface area contributed by atoms with Gasteiger partial charge in [-0.15, -0.1) is 11.3 Å². The van der Waals surface area contributed by atoms with Crippen molar-refractivity contribution in [3.05, 3.63) is 46.2 Å². The highest BCUT2D eigenvalue weighted by Gasteiger charge is 2.48. The number of fused-ring (bicyclic) bond motifs is 1. The summed E-state index contributed by atoms with van der Waals surface area (Å²) in [6, 6.07) is 8.33. The van der Waals surface area contributed by atoms with Gasteiger partial charge >= 0.3 is 17.8 Å². The first kappa shape index (κ1) is 18.3. The van der Waals surface area contributed by atoms with Crippen LogP contribution < -0.4 is 9.64 Å².